The SMILES string of the molecule is Cc1cc(C(=O)NC[C@@H](C)O)ccn1. The van der Waals surface area contributed by atoms with Crippen LogP contribution >= 0.6 is 0 Å². The maximum absolute atomic E-state index is 11.5. The number of rotatable bonds is 3. The Labute approximate surface area is 83.0 Å². The topological polar surface area (TPSA) is 62.2 Å². The third-order valence-corrected chi connectivity index (χ3v) is 1.72. The zero-order valence-electron chi connectivity index (χ0n) is 8.32. The van der Waals surface area contributed by atoms with E-state index in [0.717, 1.165) is 5.69 Å². The second kappa shape index (κ2) is 4.72. The number of hydrogen-bond acceptors (Lipinski definition) is 3. The van der Waals surface area contributed by atoms with Gasteiger partial charge in [-0.25, -0.2) is 0 Å². The molecule has 0 unspecified atom stereocenters. The molecule has 1 atom stereocenters. The van der Waals surface area contributed by atoms with E-state index in [4.69, 9.17) is 5.11 Å². The summed E-state index contributed by atoms with van der Waals surface area (Å²) < 4.78 is 0. The summed E-state index contributed by atoms with van der Waals surface area (Å²) in [6.07, 6.45) is 1.06. The fourth-order valence-corrected chi connectivity index (χ4v) is 1.03. The normalized spacial score (nSPS) is 12.2. The molecule has 0 fully saturated rings. The van der Waals surface area contributed by atoms with Crippen LogP contribution in [0.25, 0.3) is 0 Å². The molecule has 0 bridgehead atoms. The fourth-order valence-electron chi connectivity index (χ4n) is 1.03. The molecule has 76 valence electrons. The molecule has 1 aromatic rings. The van der Waals surface area contributed by atoms with Gasteiger partial charge in [0.2, 0.25) is 0 Å². The lowest BCUT2D eigenvalue weighted by molar-refractivity contribution is 0.0924. The Morgan fingerprint density at radius 2 is 2.43 bits per heavy atom. The summed E-state index contributed by atoms with van der Waals surface area (Å²) in [4.78, 5) is 15.4. The summed E-state index contributed by atoms with van der Waals surface area (Å²) in [5.74, 6) is -0.184. The first kappa shape index (κ1) is 10.7. The van der Waals surface area contributed by atoms with Gasteiger partial charge in [0.15, 0.2) is 0 Å². The van der Waals surface area contributed by atoms with Crippen LogP contribution in [0.5, 0.6) is 0 Å². The molecule has 1 aromatic heterocycles. The number of carbonyl (C=O) groups is 1. The van der Waals surface area contributed by atoms with Crippen LogP contribution in [0.15, 0.2) is 18.3 Å². The van der Waals surface area contributed by atoms with Crippen molar-refractivity contribution in [1.29, 1.82) is 0 Å². The summed E-state index contributed by atoms with van der Waals surface area (Å²) in [5.41, 5.74) is 1.37. The number of hydrogen-bond donors (Lipinski definition) is 2. The molecule has 0 aliphatic carbocycles. The van der Waals surface area contributed by atoms with Crippen LogP contribution in [0, 0.1) is 6.92 Å². The third-order valence-electron chi connectivity index (χ3n) is 1.72. The van der Waals surface area contributed by atoms with Gasteiger partial charge in [0.05, 0.1) is 6.10 Å². The first-order valence-corrected chi connectivity index (χ1v) is 4.48. The summed E-state index contributed by atoms with van der Waals surface area (Å²) in [7, 11) is 0. The molecule has 14 heavy (non-hydrogen) atoms. The predicted octanol–water partition coefficient (Wildman–Crippen LogP) is 0.501. The lowest BCUT2D eigenvalue weighted by Gasteiger charge is -2.06. The highest BCUT2D eigenvalue weighted by atomic mass is 16.3. The third kappa shape index (κ3) is 3.14. The van der Waals surface area contributed by atoms with Gasteiger partial charge in [0.25, 0.3) is 5.91 Å². The molecule has 1 amide bonds. The van der Waals surface area contributed by atoms with Gasteiger partial charge in [-0.05, 0) is 26.0 Å². The molecule has 1 rings (SSSR count). The van der Waals surface area contributed by atoms with E-state index in [9.17, 15) is 4.79 Å². The molecule has 0 saturated heterocycles. The lowest BCUT2D eigenvalue weighted by Crippen LogP contribution is -2.30. The smallest absolute Gasteiger partial charge is 0.251 e. The van der Waals surface area contributed by atoms with Crippen LogP contribution < -0.4 is 5.32 Å². The summed E-state index contributed by atoms with van der Waals surface area (Å²) in [6, 6.07) is 3.35. The van der Waals surface area contributed by atoms with Crippen LogP contribution in [-0.4, -0.2) is 28.6 Å². The van der Waals surface area contributed by atoms with Crippen LogP contribution in [-0.2, 0) is 0 Å². The quantitative estimate of drug-likeness (QED) is 0.736. The van der Waals surface area contributed by atoms with Crippen molar-refractivity contribution in [3.05, 3.63) is 29.6 Å². The van der Waals surface area contributed by atoms with E-state index in [0.29, 0.717) is 5.56 Å². The molecule has 1 heterocycles. The van der Waals surface area contributed by atoms with E-state index < -0.39 is 6.10 Å². The maximum Gasteiger partial charge on any atom is 0.251 e. The van der Waals surface area contributed by atoms with Crippen LogP contribution in [0.4, 0.5) is 0 Å². The van der Waals surface area contributed by atoms with Gasteiger partial charge in [0, 0.05) is 24.0 Å². The number of amides is 1. The maximum atomic E-state index is 11.5. The van der Waals surface area contributed by atoms with Gasteiger partial charge in [-0.3, -0.25) is 9.78 Å². The zero-order chi connectivity index (χ0) is 10.6. The van der Waals surface area contributed by atoms with Crippen LogP contribution in [0.3, 0.4) is 0 Å². The highest BCUT2D eigenvalue weighted by Gasteiger charge is 2.05. The van der Waals surface area contributed by atoms with Crippen LogP contribution in [0.2, 0.25) is 0 Å². The number of carbonyl (C=O) groups excluding carboxylic acids is 1. The zero-order valence-corrected chi connectivity index (χ0v) is 8.32. The van der Waals surface area contributed by atoms with E-state index in [2.05, 4.69) is 10.3 Å². The first-order valence-electron chi connectivity index (χ1n) is 4.48. The Bertz CT molecular complexity index is 324. The van der Waals surface area contributed by atoms with Gasteiger partial charge in [0.1, 0.15) is 0 Å². The van der Waals surface area contributed by atoms with Crippen LogP contribution in [0.1, 0.15) is 23.0 Å². The van der Waals surface area contributed by atoms with Gasteiger partial charge >= 0.3 is 0 Å². The number of nitrogens with one attached hydrogen (secondary N) is 1. The Morgan fingerprint density at radius 3 is 3.00 bits per heavy atom. The minimum atomic E-state index is -0.526. The molecule has 2 N–H and O–H groups in total. The van der Waals surface area contributed by atoms with Gasteiger partial charge < -0.3 is 10.4 Å². The van der Waals surface area contributed by atoms with Crippen molar-refractivity contribution in [2.45, 2.75) is 20.0 Å². The van der Waals surface area contributed by atoms with Crippen molar-refractivity contribution in [3.63, 3.8) is 0 Å². The molecule has 0 radical (unpaired) electrons. The van der Waals surface area contributed by atoms with Crippen molar-refractivity contribution in [1.82, 2.24) is 10.3 Å². The van der Waals surface area contributed by atoms with Crippen molar-refractivity contribution in [2.24, 2.45) is 0 Å². The highest BCUT2D eigenvalue weighted by molar-refractivity contribution is 5.94. The second-order valence-corrected chi connectivity index (χ2v) is 3.24. The lowest BCUT2D eigenvalue weighted by atomic mass is 10.2. The predicted molar refractivity (Wildman–Crippen MR) is 53.0 cm³/mol. The Hall–Kier alpha value is -1.42. The molecular weight excluding hydrogens is 180 g/mol. The standard InChI is InChI=1S/C10H14N2O2/c1-7-5-9(3-4-11-7)10(14)12-6-8(2)13/h3-5,8,13H,6H2,1-2H3,(H,12,14)/t8-/m1/s1. The minimum Gasteiger partial charge on any atom is -0.392 e. The number of aromatic nitrogens is 1. The monoisotopic (exact) mass is 194 g/mol. The average Bonchev–Trinajstić information content (AvgIpc) is 2.14. The number of aliphatic hydroxyl groups excluding tert-OH is 1. The largest absolute Gasteiger partial charge is 0.392 e. The van der Waals surface area contributed by atoms with Crippen molar-refractivity contribution < 1.29 is 9.90 Å². The number of pyridine rings is 1. The second-order valence-electron chi connectivity index (χ2n) is 3.24. The van der Waals surface area contributed by atoms with Crippen molar-refractivity contribution in [3.8, 4) is 0 Å². The molecule has 0 saturated carbocycles. The first-order chi connectivity index (χ1) is 6.59. The van der Waals surface area contributed by atoms with Gasteiger partial charge in [-0.15, -0.1) is 0 Å². The van der Waals surface area contributed by atoms with Crippen molar-refractivity contribution >= 4 is 5.91 Å². The Balaban J connectivity index is 2.61. The average molecular weight is 194 g/mol. The van der Waals surface area contributed by atoms with E-state index >= 15 is 0 Å². The molecule has 0 aromatic carbocycles. The molecule has 0 spiro atoms. The number of aliphatic hydroxyl groups is 1. The molecule has 0 aliphatic heterocycles. The molecule has 0 aliphatic rings. The number of aryl methyl sites for hydroxylation is 1. The van der Waals surface area contributed by atoms with E-state index in [1.165, 1.54) is 0 Å². The molecule has 4 heteroatoms. The summed E-state index contributed by atoms with van der Waals surface area (Å²) in [6.45, 7) is 3.71. The Kier molecular flexibility index (Phi) is 3.59. The number of nitrogens with zero attached hydrogens (tertiary/aromatic N) is 1. The summed E-state index contributed by atoms with van der Waals surface area (Å²) in [5, 5.41) is 11.6. The molecule has 4 nitrogen and oxygen atoms in total. The minimum absolute atomic E-state index is 0.184. The van der Waals surface area contributed by atoms with Gasteiger partial charge in [-0.2, -0.15) is 0 Å². The Morgan fingerprint density at radius 1 is 1.71 bits per heavy atom. The van der Waals surface area contributed by atoms with Gasteiger partial charge in [-0.1, -0.05) is 0 Å². The highest BCUT2D eigenvalue weighted by Crippen LogP contribution is 2.00. The van der Waals surface area contributed by atoms with E-state index in [1.54, 1.807) is 25.3 Å². The summed E-state index contributed by atoms with van der Waals surface area (Å²) >= 11 is 0. The fraction of sp³-hybridized carbons (Fsp3) is 0.400. The van der Waals surface area contributed by atoms with Crippen molar-refractivity contribution in [2.75, 3.05) is 6.54 Å². The van der Waals surface area contributed by atoms with E-state index in [1.807, 2.05) is 6.92 Å². The van der Waals surface area contributed by atoms with E-state index in [-0.39, 0.29) is 12.5 Å². The molecular formula is C10H14N2O2.